The van der Waals surface area contributed by atoms with Crippen molar-refractivity contribution in [1.82, 2.24) is 4.57 Å². The molecule has 0 saturated heterocycles. The Bertz CT molecular complexity index is 899. The third kappa shape index (κ3) is 2.21. The molecule has 1 nitrogen and oxygen atoms in total. The predicted molar refractivity (Wildman–Crippen MR) is 97.8 cm³/mol. The first-order chi connectivity index (χ1) is 10.8. The van der Waals surface area contributed by atoms with Crippen LogP contribution in [0, 0.1) is 0 Å². The third-order valence-corrected chi connectivity index (χ3v) is 4.26. The fourth-order valence-electron chi connectivity index (χ4n) is 3.22. The van der Waals surface area contributed by atoms with Crippen LogP contribution in [-0.4, -0.2) is 12.4 Å². The number of nitrogens with zero attached hydrogens (tertiary/aromatic N) is 1. The van der Waals surface area contributed by atoms with Gasteiger partial charge in [0.2, 0.25) is 0 Å². The maximum absolute atomic E-state index is 2.38. The quantitative estimate of drug-likeness (QED) is 0.633. The summed E-state index contributed by atoms with van der Waals surface area (Å²) in [5.41, 5.74) is 6.39. The van der Waals surface area contributed by atoms with Gasteiger partial charge in [0.25, 0.3) is 0 Å². The van der Waals surface area contributed by atoms with E-state index in [0.717, 1.165) is 12.8 Å². The molecule has 106 valence electrons. The first-order valence-corrected chi connectivity index (χ1v) is 7.87. The average Bonchev–Trinajstić information content (AvgIpc) is 2.95. The van der Waals surface area contributed by atoms with E-state index in [9.17, 15) is 0 Å². The number of para-hydroxylation sites is 1. The summed E-state index contributed by atoms with van der Waals surface area (Å²) in [5.74, 6) is 0. The number of allylic oxidation sites excluding steroid dienone is 4. The van der Waals surface area contributed by atoms with E-state index in [2.05, 4.69) is 85.2 Å². The van der Waals surface area contributed by atoms with Gasteiger partial charge in [-0.15, -0.1) is 0 Å². The lowest BCUT2D eigenvalue weighted by molar-refractivity contribution is 1.03. The van der Waals surface area contributed by atoms with E-state index in [1.54, 1.807) is 0 Å². The van der Waals surface area contributed by atoms with Gasteiger partial charge in [-0.05, 0) is 42.7 Å². The molecular formula is C20H18BN. The van der Waals surface area contributed by atoms with Gasteiger partial charge in [-0.3, -0.25) is 0 Å². The van der Waals surface area contributed by atoms with Gasteiger partial charge in [-0.1, -0.05) is 54.0 Å². The Kier molecular flexibility index (Phi) is 3.23. The molecule has 2 heteroatoms. The summed E-state index contributed by atoms with van der Waals surface area (Å²) in [6, 6.07) is 19.6. The smallest absolute Gasteiger partial charge is 0.139 e. The van der Waals surface area contributed by atoms with Crippen molar-refractivity contribution in [2.24, 2.45) is 0 Å². The minimum atomic E-state index is 1.13. The monoisotopic (exact) mass is 283 g/mol. The number of benzene rings is 2. The van der Waals surface area contributed by atoms with E-state index in [1.807, 2.05) is 0 Å². The summed E-state index contributed by atoms with van der Waals surface area (Å²) < 4.78 is 2.38. The van der Waals surface area contributed by atoms with E-state index >= 15 is 0 Å². The van der Waals surface area contributed by atoms with Crippen LogP contribution in [0.2, 0.25) is 0 Å². The van der Waals surface area contributed by atoms with Crippen LogP contribution >= 0.6 is 0 Å². The molecule has 0 saturated carbocycles. The average molecular weight is 283 g/mol. The molecule has 0 fully saturated rings. The molecule has 1 heterocycles. The molecule has 0 atom stereocenters. The minimum absolute atomic E-state index is 1.13. The Morgan fingerprint density at radius 1 is 0.909 bits per heavy atom. The molecule has 0 bridgehead atoms. The third-order valence-electron chi connectivity index (χ3n) is 4.26. The zero-order chi connectivity index (χ0) is 14.9. The molecule has 1 aliphatic rings. The van der Waals surface area contributed by atoms with E-state index in [4.69, 9.17) is 0 Å². The number of aromatic nitrogens is 1. The van der Waals surface area contributed by atoms with Gasteiger partial charge in [0, 0.05) is 11.1 Å². The van der Waals surface area contributed by atoms with Crippen molar-refractivity contribution >= 4 is 29.8 Å². The van der Waals surface area contributed by atoms with Gasteiger partial charge in [-0.2, -0.15) is 0 Å². The zero-order valence-corrected chi connectivity index (χ0v) is 12.8. The lowest BCUT2D eigenvalue weighted by Crippen LogP contribution is -2.06. The van der Waals surface area contributed by atoms with Crippen molar-refractivity contribution in [3.63, 3.8) is 0 Å². The fourth-order valence-corrected chi connectivity index (χ4v) is 3.22. The Morgan fingerprint density at radius 3 is 2.64 bits per heavy atom. The van der Waals surface area contributed by atoms with Crippen molar-refractivity contribution in [3.8, 4) is 5.69 Å². The summed E-state index contributed by atoms with van der Waals surface area (Å²) in [4.78, 5) is 0. The normalized spacial score (nSPS) is 14.3. The molecular weight excluding hydrogens is 265 g/mol. The Labute approximate surface area is 132 Å². The highest BCUT2D eigenvalue weighted by molar-refractivity contribution is 6.32. The molecule has 0 spiro atoms. The summed E-state index contributed by atoms with van der Waals surface area (Å²) in [7, 11) is 2.15. The molecule has 3 aromatic rings. The second-order valence-electron chi connectivity index (χ2n) is 5.90. The van der Waals surface area contributed by atoms with Crippen molar-refractivity contribution < 1.29 is 0 Å². The summed E-state index contributed by atoms with van der Waals surface area (Å²) in [6.07, 6.45) is 9.15. The largest absolute Gasteiger partial charge is 0.309 e. The van der Waals surface area contributed by atoms with Crippen LogP contribution < -0.4 is 5.46 Å². The number of hydrogen-bond donors (Lipinski definition) is 0. The highest BCUT2D eigenvalue weighted by atomic mass is 15.0. The topological polar surface area (TPSA) is 4.93 Å². The Balaban J connectivity index is 2.02. The Hall–Kier alpha value is -2.48. The SMILES string of the molecule is Bc1cccc(-n2c(C3=CCCC=C3)cc3ccccc32)c1. The van der Waals surface area contributed by atoms with Gasteiger partial charge >= 0.3 is 0 Å². The van der Waals surface area contributed by atoms with Crippen molar-refractivity contribution in [2.75, 3.05) is 0 Å². The molecule has 0 radical (unpaired) electrons. The summed E-state index contributed by atoms with van der Waals surface area (Å²) in [5, 5.41) is 1.29. The second kappa shape index (κ2) is 5.38. The predicted octanol–water partition coefficient (Wildman–Crippen LogP) is 3.62. The summed E-state index contributed by atoms with van der Waals surface area (Å²) >= 11 is 0. The standard InChI is InChI=1S/C20H18BN/c21-17-10-6-11-18(14-17)22-19-12-5-4-9-16(19)13-20(22)15-7-2-1-3-8-15/h2,4-14H,1,3,21H2. The van der Waals surface area contributed by atoms with Gasteiger partial charge in [0.1, 0.15) is 7.85 Å². The molecule has 1 aliphatic carbocycles. The molecule has 0 N–H and O–H groups in total. The van der Waals surface area contributed by atoms with E-state index < -0.39 is 0 Å². The van der Waals surface area contributed by atoms with Crippen molar-refractivity contribution in [1.29, 1.82) is 0 Å². The van der Waals surface area contributed by atoms with Crippen LogP contribution in [0.5, 0.6) is 0 Å². The van der Waals surface area contributed by atoms with Gasteiger partial charge < -0.3 is 4.57 Å². The fraction of sp³-hybridized carbons (Fsp3) is 0.100. The highest BCUT2D eigenvalue weighted by Crippen LogP contribution is 2.30. The lowest BCUT2D eigenvalue weighted by Gasteiger charge is -2.14. The minimum Gasteiger partial charge on any atom is -0.309 e. The molecule has 22 heavy (non-hydrogen) atoms. The van der Waals surface area contributed by atoms with Gasteiger partial charge in [-0.25, -0.2) is 0 Å². The molecule has 1 aromatic heterocycles. The molecule has 2 aromatic carbocycles. The molecule has 4 rings (SSSR count). The number of hydrogen-bond acceptors (Lipinski definition) is 0. The van der Waals surface area contributed by atoms with Crippen LogP contribution in [0.3, 0.4) is 0 Å². The maximum atomic E-state index is 2.38. The van der Waals surface area contributed by atoms with Gasteiger partial charge in [0.05, 0.1) is 11.2 Å². The highest BCUT2D eigenvalue weighted by Gasteiger charge is 2.13. The van der Waals surface area contributed by atoms with E-state index in [1.165, 1.54) is 33.3 Å². The maximum Gasteiger partial charge on any atom is 0.139 e. The van der Waals surface area contributed by atoms with Gasteiger partial charge in [0.15, 0.2) is 0 Å². The number of rotatable bonds is 2. The first kappa shape index (κ1) is 13.2. The van der Waals surface area contributed by atoms with Crippen LogP contribution in [0.4, 0.5) is 0 Å². The molecule has 0 unspecified atom stereocenters. The van der Waals surface area contributed by atoms with Crippen LogP contribution in [0.25, 0.3) is 22.2 Å². The van der Waals surface area contributed by atoms with Crippen molar-refractivity contribution in [2.45, 2.75) is 12.8 Å². The second-order valence-corrected chi connectivity index (χ2v) is 5.90. The number of fused-ring (bicyclic) bond motifs is 1. The van der Waals surface area contributed by atoms with E-state index in [-0.39, 0.29) is 0 Å². The Morgan fingerprint density at radius 2 is 1.82 bits per heavy atom. The molecule has 0 aliphatic heterocycles. The first-order valence-electron chi connectivity index (χ1n) is 7.87. The summed E-state index contributed by atoms with van der Waals surface area (Å²) in [6.45, 7) is 0. The van der Waals surface area contributed by atoms with Crippen LogP contribution in [0.15, 0.2) is 72.8 Å². The lowest BCUT2D eigenvalue weighted by atomic mass is 9.96. The van der Waals surface area contributed by atoms with Crippen LogP contribution in [-0.2, 0) is 0 Å². The van der Waals surface area contributed by atoms with E-state index in [0.29, 0.717) is 0 Å². The van der Waals surface area contributed by atoms with Crippen molar-refractivity contribution in [3.05, 3.63) is 78.5 Å². The van der Waals surface area contributed by atoms with Crippen LogP contribution in [0.1, 0.15) is 18.5 Å². The zero-order valence-electron chi connectivity index (χ0n) is 12.8. The molecule has 0 amide bonds.